The normalized spacial score (nSPS) is 25.1. The average Bonchev–Trinajstić information content (AvgIpc) is 3.41. The van der Waals surface area contributed by atoms with E-state index in [4.69, 9.17) is 9.72 Å². The van der Waals surface area contributed by atoms with E-state index < -0.39 is 30.6 Å². The third-order valence-electron chi connectivity index (χ3n) is 7.06. The third kappa shape index (κ3) is 4.99. The third-order valence-corrected chi connectivity index (χ3v) is 8.09. The summed E-state index contributed by atoms with van der Waals surface area (Å²) in [6, 6.07) is 1.09. The first kappa shape index (κ1) is 25.1. The van der Waals surface area contributed by atoms with Gasteiger partial charge in [0.15, 0.2) is 0 Å². The van der Waals surface area contributed by atoms with Crippen LogP contribution in [0.15, 0.2) is 12.3 Å². The van der Waals surface area contributed by atoms with Crippen molar-refractivity contribution in [2.45, 2.75) is 57.8 Å². The van der Waals surface area contributed by atoms with Crippen molar-refractivity contribution in [1.29, 1.82) is 0 Å². The van der Waals surface area contributed by atoms with Gasteiger partial charge in [-0.3, -0.25) is 4.98 Å². The molecule has 4 heterocycles. The van der Waals surface area contributed by atoms with Crippen molar-refractivity contribution < 1.29 is 23.7 Å². The van der Waals surface area contributed by atoms with Crippen molar-refractivity contribution in [3.63, 3.8) is 0 Å². The summed E-state index contributed by atoms with van der Waals surface area (Å²) >= 11 is 1.46. The Morgan fingerprint density at radius 2 is 1.89 bits per heavy atom. The lowest BCUT2D eigenvalue weighted by Crippen LogP contribution is -2.36. The molecule has 0 amide bonds. The van der Waals surface area contributed by atoms with Crippen molar-refractivity contribution in [3.8, 4) is 10.6 Å². The molecular weight excluding hydrogens is 490 g/mol. The van der Waals surface area contributed by atoms with Crippen LogP contribution in [0.3, 0.4) is 0 Å². The summed E-state index contributed by atoms with van der Waals surface area (Å²) in [6.07, 6.45) is -2.05. The minimum Gasteiger partial charge on any atom is -0.390 e. The van der Waals surface area contributed by atoms with Gasteiger partial charge in [-0.05, 0) is 45.1 Å². The molecule has 12 heteroatoms. The van der Waals surface area contributed by atoms with E-state index in [2.05, 4.69) is 25.6 Å². The molecule has 4 N–H and O–H groups in total. The van der Waals surface area contributed by atoms with Gasteiger partial charge in [-0.25, -0.2) is 18.7 Å². The monoisotopic (exact) mass is 520 g/mol. The number of anilines is 2. The van der Waals surface area contributed by atoms with Crippen LogP contribution in [-0.2, 0) is 4.74 Å². The molecule has 1 saturated heterocycles. The number of aliphatic hydroxyl groups excluding tert-OH is 2. The summed E-state index contributed by atoms with van der Waals surface area (Å²) in [5.74, 6) is -0.0845. The number of pyridine rings is 1. The zero-order valence-electron chi connectivity index (χ0n) is 20.1. The number of nitrogens with zero attached hydrogens (tertiary/aromatic N) is 4. The van der Waals surface area contributed by atoms with Gasteiger partial charge in [-0.1, -0.05) is 0 Å². The van der Waals surface area contributed by atoms with Crippen LogP contribution < -0.4 is 10.6 Å². The molecular formula is C24H30F2N6O3S. The van der Waals surface area contributed by atoms with Gasteiger partial charge in [-0.15, -0.1) is 11.3 Å². The van der Waals surface area contributed by atoms with Crippen LogP contribution in [0.25, 0.3) is 20.8 Å². The molecule has 5 rings (SSSR count). The van der Waals surface area contributed by atoms with Crippen molar-refractivity contribution in [1.82, 2.24) is 19.9 Å². The zero-order chi connectivity index (χ0) is 25.4. The number of aromatic nitrogens is 4. The zero-order valence-corrected chi connectivity index (χ0v) is 20.9. The second kappa shape index (κ2) is 10.4. The van der Waals surface area contributed by atoms with Crippen molar-refractivity contribution in [3.05, 3.63) is 23.7 Å². The molecule has 1 aliphatic carbocycles. The Morgan fingerprint density at radius 1 is 1.11 bits per heavy atom. The molecule has 3 aromatic rings. The summed E-state index contributed by atoms with van der Waals surface area (Å²) in [4.78, 5) is 18.4. The van der Waals surface area contributed by atoms with Gasteiger partial charge >= 0.3 is 0 Å². The highest BCUT2D eigenvalue weighted by Crippen LogP contribution is 2.39. The number of ether oxygens (including phenoxy) is 1. The number of alkyl halides is 2. The Bertz CT molecular complexity index is 1220. The number of thiazole rings is 1. The van der Waals surface area contributed by atoms with Gasteiger partial charge in [0.2, 0.25) is 12.4 Å². The Kier molecular flexibility index (Phi) is 7.29. The van der Waals surface area contributed by atoms with Gasteiger partial charge < -0.3 is 25.6 Å². The molecule has 0 aromatic carbocycles. The van der Waals surface area contributed by atoms with Gasteiger partial charge in [0.05, 0.1) is 39.7 Å². The first-order valence-corrected chi connectivity index (χ1v) is 13.0. The summed E-state index contributed by atoms with van der Waals surface area (Å²) in [5.41, 5.74) is 2.87. The van der Waals surface area contributed by atoms with E-state index in [1.807, 2.05) is 19.9 Å². The molecule has 36 heavy (non-hydrogen) atoms. The van der Waals surface area contributed by atoms with E-state index in [1.54, 1.807) is 6.20 Å². The summed E-state index contributed by atoms with van der Waals surface area (Å²) in [6.45, 7) is 5.89. The lowest BCUT2D eigenvalue weighted by atomic mass is 10.0. The molecule has 0 spiro atoms. The fourth-order valence-electron chi connectivity index (χ4n) is 4.92. The minimum absolute atomic E-state index is 0.0871. The van der Waals surface area contributed by atoms with Crippen molar-refractivity contribution in [2.75, 3.05) is 30.4 Å². The molecule has 2 aliphatic rings. The number of aryl methyl sites for hydroxylation is 2. The highest BCUT2D eigenvalue weighted by Gasteiger charge is 2.46. The van der Waals surface area contributed by atoms with E-state index in [1.165, 1.54) is 11.3 Å². The van der Waals surface area contributed by atoms with E-state index >= 15 is 0 Å². The standard InChI is InChI=1S/C24H30F2N6O3S/c1-11-17(23-31-18-12(2)27-6-3-16(18)36-23)22(30-15-9-14(21(25)26)19(33)20(15)34)32-24(29-11)28-10-13-4-7-35-8-5-13/h3,6,13-15,19-21,33-34H,4-5,7-10H2,1-2H3,(H2,28,29,30,32)/t14-,15+,19+,20-/m0/s1. The predicted octanol–water partition coefficient (Wildman–Crippen LogP) is 3.39. The quantitative estimate of drug-likeness (QED) is 0.371. The largest absolute Gasteiger partial charge is 0.390 e. The first-order valence-electron chi connectivity index (χ1n) is 12.2. The Hall–Kier alpha value is -2.54. The fraction of sp³-hybridized carbons (Fsp3) is 0.583. The fourth-order valence-corrected chi connectivity index (χ4v) is 6.03. The van der Waals surface area contributed by atoms with Gasteiger partial charge in [0.25, 0.3) is 0 Å². The highest BCUT2D eigenvalue weighted by molar-refractivity contribution is 7.21. The lowest BCUT2D eigenvalue weighted by molar-refractivity contribution is -0.0333. The van der Waals surface area contributed by atoms with Gasteiger partial charge in [0.1, 0.15) is 22.4 Å². The van der Waals surface area contributed by atoms with Crippen LogP contribution >= 0.6 is 11.3 Å². The maximum Gasteiger partial charge on any atom is 0.244 e. The number of aliphatic hydroxyl groups is 2. The topological polar surface area (TPSA) is 125 Å². The lowest BCUT2D eigenvalue weighted by Gasteiger charge is -2.23. The molecule has 1 saturated carbocycles. The van der Waals surface area contributed by atoms with Crippen LogP contribution in [0.5, 0.6) is 0 Å². The molecule has 0 bridgehead atoms. The summed E-state index contributed by atoms with van der Waals surface area (Å²) < 4.78 is 33.2. The van der Waals surface area contributed by atoms with E-state index in [-0.39, 0.29) is 6.42 Å². The molecule has 194 valence electrons. The summed E-state index contributed by atoms with van der Waals surface area (Å²) in [5, 5.41) is 27.8. The molecule has 2 fully saturated rings. The Balaban J connectivity index is 1.49. The van der Waals surface area contributed by atoms with E-state index in [9.17, 15) is 19.0 Å². The Labute approximate surface area is 211 Å². The minimum atomic E-state index is -2.73. The number of hydrogen-bond acceptors (Lipinski definition) is 10. The molecule has 3 aromatic heterocycles. The van der Waals surface area contributed by atoms with Crippen molar-refractivity contribution >= 4 is 33.3 Å². The number of halogens is 2. The molecule has 4 atom stereocenters. The molecule has 0 radical (unpaired) electrons. The van der Waals surface area contributed by atoms with E-state index in [0.717, 1.165) is 42.0 Å². The van der Waals surface area contributed by atoms with Crippen LogP contribution in [0.1, 0.15) is 30.7 Å². The number of rotatable bonds is 7. The van der Waals surface area contributed by atoms with E-state index in [0.29, 0.717) is 40.5 Å². The smallest absolute Gasteiger partial charge is 0.244 e. The number of fused-ring (bicyclic) bond motifs is 1. The van der Waals surface area contributed by atoms with Crippen LogP contribution in [0.4, 0.5) is 20.5 Å². The van der Waals surface area contributed by atoms with Crippen molar-refractivity contribution in [2.24, 2.45) is 11.8 Å². The SMILES string of the molecule is Cc1nc(NCC2CCOCC2)nc(N[C@@H]2C[C@H](C(F)F)[C@@H](O)[C@H]2O)c1-c1nc2c(C)nccc2s1. The Morgan fingerprint density at radius 3 is 2.58 bits per heavy atom. The second-order valence-electron chi connectivity index (χ2n) is 9.52. The van der Waals surface area contributed by atoms with Crippen LogP contribution in [0.2, 0.25) is 0 Å². The highest BCUT2D eigenvalue weighted by atomic mass is 32.1. The first-order chi connectivity index (χ1) is 17.3. The predicted molar refractivity (Wildman–Crippen MR) is 133 cm³/mol. The molecule has 9 nitrogen and oxygen atoms in total. The maximum absolute atomic E-state index is 13.4. The van der Waals surface area contributed by atoms with Crippen LogP contribution in [0, 0.1) is 25.7 Å². The number of hydrogen-bond donors (Lipinski definition) is 4. The summed E-state index contributed by atoms with van der Waals surface area (Å²) in [7, 11) is 0. The molecule has 1 aliphatic heterocycles. The molecule has 0 unspecified atom stereocenters. The van der Waals surface area contributed by atoms with Gasteiger partial charge in [-0.2, -0.15) is 4.98 Å². The average molecular weight is 521 g/mol. The van der Waals surface area contributed by atoms with Crippen LogP contribution in [-0.4, -0.2) is 74.6 Å². The van der Waals surface area contributed by atoms with Gasteiger partial charge in [0, 0.05) is 26.0 Å². The number of nitrogens with one attached hydrogen (secondary N) is 2. The maximum atomic E-state index is 13.4. The second-order valence-corrected chi connectivity index (χ2v) is 10.6.